The Bertz CT molecular complexity index is 1210. The smallest absolute Gasteiger partial charge is 0.377 e. The van der Waals surface area contributed by atoms with E-state index in [9.17, 15) is 29.7 Å². The number of allylic oxidation sites excluding steroid dienone is 16. The molecule has 0 aromatic carbocycles. The molecule has 1 aliphatic heterocycles. The fraction of sp³-hybridized carbons (Fsp3) is 0.233. The van der Waals surface area contributed by atoms with Gasteiger partial charge in [-0.3, -0.25) is 0 Å². The van der Waals surface area contributed by atoms with Gasteiger partial charge in [-0.1, -0.05) is 95.2 Å². The summed E-state index contributed by atoms with van der Waals surface area (Å²) in [6, 6.07) is 0. The van der Waals surface area contributed by atoms with Crippen LogP contribution < -0.4 is 0 Å². The zero-order valence-electron chi connectivity index (χ0n) is 22.3. The Hall–Kier alpha value is -4.63. The fourth-order valence-corrected chi connectivity index (χ4v) is 2.77. The maximum absolute atomic E-state index is 11.8. The number of aliphatic hydroxyl groups excluding tert-OH is 3. The first-order chi connectivity index (χ1) is 18.4. The van der Waals surface area contributed by atoms with E-state index >= 15 is 0 Å². The van der Waals surface area contributed by atoms with Crippen LogP contribution in [-0.2, 0) is 23.9 Å². The monoisotopic (exact) mass is 538 g/mol. The standard InChI is InChI=1S/C30H34O9/c1-20(11-7-13-22(3)15-17-25(32)33)9-5-6-10-21(2)12-8-14-23(4)16-18-26(34)38-19-24(31)29-27(35)28(36)30(37)39-29/h5-18,24,29,31,35-36H,19H2,1-4H3,(H,32,33)/b6-5+,11-7+,12-8+,17-15+,18-16+,20-9+,21-10+,22-13+,23-14+. The van der Waals surface area contributed by atoms with Gasteiger partial charge in [-0.2, -0.15) is 0 Å². The molecule has 2 unspecified atom stereocenters. The van der Waals surface area contributed by atoms with Crippen LogP contribution in [0, 0.1) is 0 Å². The normalized spacial score (nSPS) is 18.9. The Labute approximate surface area is 227 Å². The maximum Gasteiger partial charge on any atom is 0.377 e. The lowest BCUT2D eigenvalue weighted by molar-refractivity contribution is -0.152. The van der Waals surface area contributed by atoms with E-state index in [-0.39, 0.29) is 0 Å². The predicted molar refractivity (Wildman–Crippen MR) is 147 cm³/mol. The Kier molecular flexibility index (Phi) is 14.1. The summed E-state index contributed by atoms with van der Waals surface area (Å²) in [5.74, 6) is -4.68. The van der Waals surface area contributed by atoms with Crippen LogP contribution in [-0.4, -0.2) is 57.1 Å². The van der Waals surface area contributed by atoms with Gasteiger partial charge in [0.05, 0.1) is 0 Å². The molecule has 0 aromatic rings. The molecule has 0 radical (unpaired) electrons. The van der Waals surface area contributed by atoms with Gasteiger partial charge in [-0.15, -0.1) is 0 Å². The van der Waals surface area contributed by atoms with E-state index in [4.69, 9.17) is 9.84 Å². The van der Waals surface area contributed by atoms with Crippen LogP contribution in [0.4, 0.5) is 0 Å². The second-order valence-electron chi connectivity index (χ2n) is 8.51. The van der Waals surface area contributed by atoms with Gasteiger partial charge in [-0.05, 0) is 27.7 Å². The molecule has 0 aliphatic carbocycles. The van der Waals surface area contributed by atoms with Crippen LogP contribution in [0.2, 0.25) is 0 Å². The minimum absolute atomic E-state index is 0.549. The molecule has 0 saturated heterocycles. The number of esters is 2. The largest absolute Gasteiger partial charge is 0.505 e. The van der Waals surface area contributed by atoms with Crippen LogP contribution in [0.25, 0.3) is 0 Å². The van der Waals surface area contributed by atoms with Crippen molar-refractivity contribution in [3.63, 3.8) is 0 Å². The highest BCUT2D eigenvalue weighted by molar-refractivity contribution is 5.89. The lowest BCUT2D eigenvalue weighted by Crippen LogP contribution is -2.33. The van der Waals surface area contributed by atoms with Crippen LogP contribution in [0.15, 0.2) is 119 Å². The third kappa shape index (κ3) is 13.5. The summed E-state index contributed by atoms with van der Waals surface area (Å²) in [4.78, 5) is 33.5. The number of ether oxygens (including phenoxy) is 2. The van der Waals surface area contributed by atoms with E-state index in [1.165, 1.54) is 18.2 Å². The molecule has 9 heteroatoms. The summed E-state index contributed by atoms with van der Waals surface area (Å²) in [6.07, 6.45) is 21.1. The Balaban J connectivity index is 2.50. The Morgan fingerprint density at radius 2 is 1.26 bits per heavy atom. The van der Waals surface area contributed by atoms with Gasteiger partial charge >= 0.3 is 17.9 Å². The number of rotatable bonds is 13. The van der Waals surface area contributed by atoms with Crippen LogP contribution in [0.5, 0.6) is 0 Å². The molecule has 0 bridgehead atoms. The van der Waals surface area contributed by atoms with Gasteiger partial charge in [0, 0.05) is 12.2 Å². The van der Waals surface area contributed by atoms with Crippen molar-refractivity contribution in [1.29, 1.82) is 0 Å². The molecule has 1 aliphatic rings. The number of hydrogen-bond acceptors (Lipinski definition) is 8. The fourth-order valence-electron chi connectivity index (χ4n) is 2.77. The maximum atomic E-state index is 11.8. The molecule has 0 saturated carbocycles. The number of hydrogen-bond donors (Lipinski definition) is 4. The molecule has 0 aromatic heterocycles. The molecule has 0 amide bonds. The Morgan fingerprint density at radius 1 is 0.795 bits per heavy atom. The van der Waals surface area contributed by atoms with E-state index in [0.717, 1.165) is 28.4 Å². The summed E-state index contributed by atoms with van der Waals surface area (Å²) >= 11 is 0. The van der Waals surface area contributed by atoms with Crippen molar-refractivity contribution in [1.82, 2.24) is 0 Å². The zero-order valence-corrected chi connectivity index (χ0v) is 22.3. The van der Waals surface area contributed by atoms with Gasteiger partial charge in [0.1, 0.15) is 12.7 Å². The van der Waals surface area contributed by atoms with Crippen molar-refractivity contribution in [3.8, 4) is 0 Å². The summed E-state index contributed by atoms with van der Waals surface area (Å²) in [6.45, 7) is 6.94. The van der Waals surface area contributed by atoms with Crippen molar-refractivity contribution in [2.75, 3.05) is 6.61 Å². The van der Waals surface area contributed by atoms with E-state index < -0.39 is 48.2 Å². The number of carboxylic acid groups (broad SMARTS) is 1. The topological polar surface area (TPSA) is 151 Å². The molecule has 4 N–H and O–H groups in total. The number of aliphatic carboxylic acids is 1. The highest BCUT2D eigenvalue weighted by atomic mass is 16.6. The van der Waals surface area contributed by atoms with E-state index in [2.05, 4.69) is 4.74 Å². The molecule has 0 spiro atoms. The van der Waals surface area contributed by atoms with E-state index in [1.54, 1.807) is 13.0 Å². The van der Waals surface area contributed by atoms with Crippen LogP contribution in [0.1, 0.15) is 27.7 Å². The van der Waals surface area contributed by atoms with Gasteiger partial charge < -0.3 is 29.9 Å². The average molecular weight is 539 g/mol. The average Bonchev–Trinajstić information content (AvgIpc) is 3.14. The van der Waals surface area contributed by atoms with Gasteiger partial charge in [0.25, 0.3) is 0 Å². The highest BCUT2D eigenvalue weighted by Gasteiger charge is 2.39. The van der Waals surface area contributed by atoms with E-state index in [1.807, 2.05) is 75.5 Å². The third-order valence-corrected chi connectivity index (χ3v) is 4.92. The minimum atomic E-state index is -1.53. The molecule has 0 fully saturated rings. The molecular weight excluding hydrogens is 504 g/mol. The first-order valence-electron chi connectivity index (χ1n) is 11.9. The summed E-state index contributed by atoms with van der Waals surface area (Å²) < 4.78 is 9.47. The lowest BCUT2D eigenvalue weighted by Gasteiger charge is -2.16. The SMILES string of the molecule is CC(/C=C/C=C(C)/C=C/C(=O)O)=C\C=C\C=C(C)\C=C\C=C(C)\C=C\C(=O)OCC(O)C1OC(=O)C(O)=C1O. The van der Waals surface area contributed by atoms with Crippen molar-refractivity contribution in [3.05, 3.63) is 119 Å². The van der Waals surface area contributed by atoms with Crippen molar-refractivity contribution >= 4 is 17.9 Å². The quantitative estimate of drug-likeness (QED) is 0.147. The van der Waals surface area contributed by atoms with Gasteiger partial charge in [0.2, 0.25) is 5.76 Å². The lowest BCUT2D eigenvalue weighted by atomic mass is 10.2. The van der Waals surface area contributed by atoms with Crippen molar-refractivity contribution < 1.29 is 44.3 Å². The molecule has 208 valence electrons. The molecule has 39 heavy (non-hydrogen) atoms. The Morgan fingerprint density at radius 3 is 1.72 bits per heavy atom. The first kappa shape index (κ1) is 32.4. The first-order valence-corrected chi connectivity index (χ1v) is 11.9. The van der Waals surface area contributed by atoms with Crippen LogP contribution >= 0.6 is 0 Å². The summed E-state index contributed by atoms with van der Waals surface area (Å²) in [5, 5.41) is 37.3. The highest BCUT2D eigenvalue weighted by Crippen LogP contribution is 2.21. The third-order valence-electron chi connectivity index (χ3n) is 4.92. The molecule has 1 rings (SSSR count). The zero-order chi connectivity index (χ0) is 29.4. The van der Waals surface area contributed by atoms with Gasteiger partial charge in [-0.25, -0.2) is 14.4 Å². The number of carboxylic acids is 1. The molecular formula is C30H34O9. The van der Waals surface area contributed by atoms with Crippen molar-refractivity contribution in [2.45, 2.75) is 39.9 Å². The second-order valence-corrected chi connectivity index (χ2v) is 8.51. The predicted octanol–water partition coefficient (Wildman–Crippen LogP) is 4.79. The number of carbonyl (C=O) groups excluding carboxylic acids is 2. The summed E-state index contributed by atoms with van der Waals surface area (Å²) in [5.41, 5.74) is 3.60. The number of carbonyl (C=O) groups is 3. The van der Waals surface area contributed by atoms with Crippen LogP contribution in [0.3, 0.4) is 0 Å². The number of cyclic esters (lactones) is 1. The van der Waals surface area contributed by atoms with Crippen molar-refractivity contribution in [2.24, 2.45) is 0 Å². The molecule has 9 nitrogen and oxygen atoms in total. The molecule has 2 atom stereocenters. The second kappa shape index (κ2) is 17.0. The van der Waals surface area contributed by atoms with Gasteiger partial charge in [0.15, 0.2) is 11.9 Å². The van der Waals surface area contributed by atoms with E-state index in [0.29, 0.717) is 0 Å². The summed E-state index contributed by atoms with van der Waals surface area (Å²) in [7, 11) is 0. The molecule has 1 heterocycles. The minimum Gasteiger partial charge on any atom is -0.505 e. The number of aliphatic hydroxyl groups is 3.